The lowest BCUT2D eigenvalue weighted by Gasteiger charge is -2.29. The summed E-state index contributed by atoms with van der Waals surface area (Å²) in [5.41, 5.74) is 1.04. The second-order valence-electron chi connectivity index (χ2n) is 3.78. The lowest BCUT2D eigenvalue weighted by Crippen LogP contribution is -2.43. The van der Waals surface area contributed by atoms with E-state index in [-0.39, 0.29) is 21.9 Å². The predicted octanol–water partition coefficient (Wildman–Crippen LogP) is 0.321. The Hall–Kier alpha value is -0.630. The first kappa shape index (κ1) is 14.4. The number of piperazine rings is 1. The minimum absolute atomic E-state index is 0. The first-order valence-corrected chi connectivity index (χ1v) is 6.70. The maximum atomic E-state index is 11.1. The summed E-state index contributed by atoms with van der Waals surface area (Å²) < 4.78 is 22.1. The molecular formula is C10H16BrN3O2S. The van der Waals surface area contributed by atoms with E-state index in [2.05, 4.69) is 10.2 Å². The zero-order valence-electron chi connectivity index (χ0n) is 9.30. The van der Waals surface area contributed by atoms with Crippen molar-refractivity contribution in [2.24, 2.45) is 5.14 Å². The number of primary sulfonamides is 1. The zero-order chi connectivity index (χ0) is 11.6. The molecule has 1 fully saturated rings. The molecule has 1 heterocycles. The molecule has 1 saturated heterocycles. The van der Waals surface area contributed by atoms with Gasteiger partial charge in [-0.3, -0.25) is 0 Å². The first-order chi connectivity index (χ1) is 7.57. The van der Waals surface area contributed by atoms with Gasteiger partial charge in [0.25, 0.3) is 0 Å². The van der Waals surface area contributed by atoms with Crippen LogP contribution in [-0.2, 0) is 10.0 Å². The molecule has 0 radical (unpaired) electrons. The fourth-order valence-electron chi connectivity index (χ4n) is 1.77. The lowest BCUT2D eigenvalue weighted by atomic mass is 10.2. The number of rotatable bonds is 2. The average Bonchev–Trinajstić information content (AvgIpc) is 2.29. The first-order valence-electron chi connectivity index (χ1n) is 5.16. The number of hydrogen-bond donors (Lipinski definition) is 2. The fraction of sp³-hybridized carbons (Fsp3) is 0.400. The molecule has 7 heteroatoms. The predicted molar refractivity (Wildman–Crippen MR) is 73.2 cm³/mol. The van der Waals surface area contributed by atoms with E-state index in [4.69, 9.17) is 5.14 Å². The van der Waals surface area contributed by atoms with Crippen LogP contribution in [0.1, 0.15) is 0 Å². The van der Waals surface area contributed by atoms with Crippen molar-refractivity contribution >= 4 is 32.7 Å². The normalized spacial score (nSPS) is 16.4. The number of halogens is 1. The number of nitrogens with two attached hydrogens (primary N) is 1. The molecule has 0 spiro atoms. The molecule has 1 aromatic carbocycles. The molecule has 2 rings (SSSR count). The van der Waals surface area contributed by atoms with Gasteiger partial charge in [0.15, 0.2) is 0 Å². The van der Waals surface area contributed by atoms with E-state index < -0.39 is 10.0 Å². The third-order valence-corrected chi connectivity index (χ3v) is 3.58. The van der Waals surface area contributed by atoms with Crippen molar-refractivity contribution in [3.63, 3.8) is 0 Å². The van der Waals surface area contributed by atoms with Crippen LogP contribution >= 0.6 is 17.0 Å². The summed E-state index contributed by atoms with van der Waals surface area (Å²) in [5.74, 6) is 0. The third-order valence-electron chi connectivity index (χ3n) is 2.65. The SMILES string of the molecule is Br.NS(=O)(=O)c1ccc(N2CCNCC2)cc1. The minimum Gasteiger partial charge on any atom is -0.369 e. The smallest absolute Gasteiger partial charge is 0.238 e. The van der Waals surface area contributed by atoms with Gasteiger partial charge in [0, 0.05) is 31.9 Å². The molecule has 0 amide bonds. The van der Waals surface area contributed by atoms with Gasteiger partial charge in [-0.2, -0.15) is 0 Å². The van der Waals surface area contributed by atoms with Crippen LogP contribution in [0, 0.1) is 0 Å². The van der Waals surface area contributed by atoms with Crippen molar-refractivity contribution in [3.8, 4) is 0 Å². The summed E-state index contributed by atoms with van der Waals surface area (Å²) in [7, 11) is -3.58. The molecule has 0 aromatic heterocycles. The molecule has 0 saturated carbocycles. The molecule has 0 unspecified atom stereocenters. The Kier molecular flexibility index (Phi) is 4.93. The van der Waals surface area contributed by atoms with E-state index in [1.807, 2.05) is 0 Å². The van der Waals surface area contributed by atoms with Gasteiger partial charge in [-0.25, -0.2) is 13.6 Å². The number of sulfonamides is 1. The quantitative estimate of drug-likeness (QED) is 0.822. The zero-order valence-corrected chi connectivity index (χ0v) is 11.8. The summed E-state index contributed by atoms with van der Waals surface area (Å²) in [6, 6.07) is 6.69. The van der Waals surface area contributed by atoms with Gasteiger partial charge in [0.05, 0.1) is 4.90 Å². The van der Waals surface area contributed by atoms with Crippen molar-refractivity contribution < 1.29 is 8.42 Å². The number of benzene rings is 1. The Morgan fingerprint density at radius 2 is 1.65 bits per heavy atom. The molecule has 1 aromatic rings. The highest BCUT2D eigenvalue weighted by Crippen LogP contribution is 2.17. The van der Waals surface area contributed by atoms with Crippen LogP contribution in [0.15, 0.2) is 29.2 Å². The van der Waals surface area contributed by atoms with Gasteiger partial charge in [-0.15, -0.1) is 17.0 Å². The summed E-state index contributed by atoms with van der Waals surface area (Å²) in [6.07, 6.45) is 0. The highest BCUT2D eigenvalue weighted by atomic mass is 79.9. The minimum atomic E-state index is -3.58. The summed E-state index contributed by atoms with van der Waals surface area (Å²) >= 11 is 0. The maximum Gasteiger partial charge on any atom is 0.238 e. The van der Waals surface area contributed by atoms with Gasteiger partial charge in [-0.1, -0.05) is 0 Å². The third kappa shape index (κ3) is 3.67. The standard InChI is InChI=1S/C10H15N3O2S.BrH/c11-16(14,15)10-3-1-9(2-4-10)13-7-5-12-6-8-13;/h1-4,12H,5-8H2,(H2,11,14,15);1H. The van der Waals surface area contributed by atoms with Crippen molar-refractivity contribution in [3.05, 3.63) is 24.3 Å². The summed E-state index contributed by atoms with van der Waals surface area (Å²) in [6.45, 7) is 3.79. The van der Waals surface area contributed by atoms with Crippen LogP contribution in [0.3, 0.4) is 0 Å². The van der Waals surface area contributed by atoms with E-state index in [1.54, 1.807) is 24.3 Å². The highest BCUT2D eigenvalue weighted by molar-refractivity contribution is 8.93. The summed E-state index contributed by atoms with van der Waals surface area (Å²) in [4.78, 5) is 2.37. The second kappa shape index (κ2) is 5.81. The number of anilines is 1. The molecule has 3 N–H and O–H groups in total. The van der Waals surface area contributed by atoms with Gasteiger partial charge < -0.3 is 10.2 Å². The van der Waals surface area contributed by atoms with Crippen LogP contribution in [0.5, 0.6) is 0 Å². The van der Waals surface area contributed by atoms with Crippen LogP contribution in [0.25, 0.3) is 0 Å². The second-order valence-corrected chi connectivity index (χ2v) is 5.34. The van der Waals surface area contributed by atoms with Crippen molar-refractivity contribution in [2.75, 3.05) is 31.1 Å². The van der Waals surface area contributed by atoms with Crippen LogP contribution < -0.4 is 15.4 Å². The lowest BCUT2D eigenvalue weighted by molar-refractivity contribution is 0.588. The molecule has 0 aliphatic carbocycles. The molecule has 5 nitrogen and oxygen atoms in total. The maximum absolute atomic E-state index is 11.1. The number of hydrogen-bond acceptors (Lipinski definition) is 4. The Labute approximate surface area is 112 Å². The van der Waals surface area contributed by atoms with E-state index in [1.165, 1.54) is 0 Å². The molecule has 17 heavy (non-hydrogen) atoms. The molecule has 0 bridgehead atoms. The summed E-state index contributed by atoms with van der Waals surface area (Å²) in [5, 5.41) is 8.30. The Morgan fingerprint density at radius 3 is 2.12 bits per heavy atom. The number of nitrogens with one attached hydrogen (secondary N) is 1. The Morgan fingerprint density at radius 1 is 1.12 bits per heavy atom. The van der Waals surface area contributed by atoms with E-state index in [0.717, 1.165) is 31.9 Å². The van der Waals surface area contributed by atoms with Crippen LogP contribution in [0.4, 0.5) is 5.69 Å². The van der Waals surface area contributed by atoms with Crippen molar-refractivity contribution in [1.82, 2.24) is 5.32 Å². The van der Waals surface area contributed by atoms with Gasteiger partial charge >= 0.3 is 0 Å². The molecule has 0 atom stereocenters. The fourth-order valence-corrected chi connectivity index (χ4v) is 2.29. The Bertz CT molecular complexity index is 455. The van der Waals surface area contributed by atoms with E-state index >= 15 is 0 Å². The van der Waals surface area contributed by atoms with Gasteiger partial charge in [0.2, 0.25) is 10.0 Å². The van der Waals surface area contributed by atoms with E-state index in [0.29, 0.717) is 0 Å². The average molecular weight is 322 g/mol. The van der Waals surface area contributed by atoms with Gasteiger partial charge in [-0.05, 0) is 24.3 Å². The molecular weight excluding hydrogens is 306 g/mol. The van der Waals surface area contributed by atoms with Crippen LogP contribution in [0.2, 0.25) is 0 Å². The number of nitrogens with zero attached hydrogens (tertiary/aromatic N) is 1. The highest BCUT2D eigenvalue weighted by Gasteiger charge is 2.12. The largest absolute Gasteiger partial charge is 0.369 e. The molecule has 1 aliphatic heterocycles. The van der Waals surface area contributed by atoms with Crippen LogP contribution in [-0.4, -0.2) is 34.6 Å². The molecule has 96 valence electrons. The molecule has 1 aliphatic rings. The van der Waals surface area contributed by atoms with E-state index in [9.17, 15) is 8.42 Å². The topological polar surface area (TPSA) is 75.4 Å². The van der Waals surface area contributed by atoms with Gasteiger partial charge in [0.1, 0.15) is 0 Å². The van der Waals surface area contributed by atoms with Crippen molar-refractivity contribution in [1.29, 1.82) is 0 Å². The Balaban J connectivity index is 0.00000144. The monoisotopic (exact) mass is 321 g/mol. The van der Waals surface area contributed by atoms with Crippen molar-refractivity contribution in [2.45, 2.75) is 4.90 Å².